The lowest BCUT2D eigenvalue weighted by Gasteiger charge is -2.23. The van der Waals surface area contributed by atoms with Crippen molar-refractivity contribution in [2.45, 2.75) is 60.8 Å². The Morgan fingerprint density at radius 1 is 1.00 bits per heavy atom. The second-order valence-electron chi connectivity index (χ2n) is 6.03. The summed E-state index contributed by atoms with van der Waals surface area (Å²) in [6.07, 6.45) is 10.3. The molecule has 0 aromatic rings. The fourth-order valence-corrected chi connectivity index (χ4v) is 2.00. The van der Waals surface area contributed by atoms with Gasteiger partial charge in [-0.25, -0.2) is 0 Å². The number of allylic oxidation sites excluding steroid dienone is 5. The lowest BCUT2D eigenvalue weighted by molar-refractivity contribution is 0.391. The molecular formula is C19H33N. The third-order valence-corrected chi connectivity index (χ3v) is 3.11. The van der Waals surface area contributed by atoms with Crippen molar-refractivity contribution >= 4 is 0 Å². The van der Waals surface area contributed by atoms with Crippen LogP contribution in [0.25, 0.3) is 0 Å². The molecule has 20 heavy (non-hydrogen) atoms. The Bertz CT molecular complexity index is 375. The predicted octanol–water partition coefficient (Wildman–Crippen LogP) is 5.87. The van der Waals surface area contributed by atoms with Crippen molar-refractivity contribution in [2.24, 2.45) is 0 Å². The molecule has 0 spiro atoms. The highest BCUT2D eigenvalue weighted by Crippen LogP contribution is 2.11. The van der Waals surface area contributed by atoms with E-state index in [1.807, 2.05) is 0 Å². The van der Waals surface area contributed by atoms with Crippen LogP contribution in [-0.2, 0) is 0 Å². The molecule has 0 radical (unpaired) electrons. The van der Waals surface area contributed by atoms with E-state index in [2.05, 4.69) is 71.2 Å². The third kappa shape index (κ3) is 9.66. The van der Waals surface area contributed by atoms with E-state index in [1.165, 1.54) is 16.7 Å². The van der Waals surface area contributed by atoms with Gasteiger partial charge in [0.15, 0.2) is 0 Å². The van der Waals surface area contributed by atoms with E-state index in [0.717, 1.165) is 38.0 Å². The van der Waals surface area contributed by atoms with Crippen molar-refractivity contribution in [3.8, 4) is 0 Å². The molecule has 0 saturated carbocycles. The van der Waals surface area contributed by atoms with Gasteiger partial charge in [-0.3, -0.25) is 0 Å². The summed E-state index contributed by atoms with van der Waals surface area (Å²) in [6.45, 7) is 19.2. The van der Waals surface area contributed by atoms with Gasteiger partial charge in [0.1, 0.15) is 0 Å². The monoisotopic (exact) mass is 275 g/mol. The van der Waals surface area contributed by atoms with Crippen LogP contribution in [0.5, 0.6) is 0 Å². The lowest BCUT2D eigenvalue weighted by atomic mass is 10.1. The molecule has 0 rings (SSSR count). The molecule has 114 valence electrons. The van der Waals surface area contributed by atoms with Crippen LogP contribution < -0.4 is 0 Å². The van der Waals surface area contributed by atoms with Crippen molar-refractivity contribution in [1.29, 1.82) is 0 Å². The van der Waals surface area contributed by atoms with Gasteiger partial charge in [-0.05, 0) is 60.0 Å². The van der Waals surface area contributed by atoms with Crippen LogP contribution in [0.3, 0.4) is 0 Å². The van der Waals surface area contributed by atoms with Crippen LogP contribution in [0.2, 0.25) is 0 Å². The fourth-order valence-electron chi connectivity index (χ4n) is 2.00. The second-order valence-corrected chi connectivity index (χ2v) is 6.03. The highest BCUT2D eigenvalue weighted by molar-refractivity contribution is 5.18. The molecule has 0 aliphatic heterocycles. The molecule has 1 heteroatoms. The van der Waals surface area contributed by atoms with Gasteiger partial charge in [-0.15, -0.1) is 0 Å². The molecule has 0 fully saturated rings. The van der Waals surface area contributed by atoms with Gasteiger partial charge in [0.2, 0.25) is 0 Å². The largest absolute Gasteiger partial charge is 0.368 e. The Kier molecular flexibility index (Phi) is 9.88. The smallest absolute Gasteiger partial charge is 0.0361 e. The standard InChI is InChI=1S/C19H33N/c1-8-13-20(19(7)15-17(4)5)14-12-18(6)11-9-10-16(2)3/h10,12,15H,7-9,11,13-14H2,1-6H3/b18-12+. The zero-order valence-electron chi connectivity index (χ0n) is 14.4. The van der Waals surface area contributed by atoms with E-state index >= 15 is 0 Å². The Morgan fingerprint density at radius 3 is 2.15 bits per heavy atom. The first-order valence-corrected chi connectivity index (χ1v) is 7.74. The van der Waals surface area contributed by atoms with Gasteiger partial charge in [0, 0.05) is 18.8 Å². The zero-order valence-corrected chi connectivity index (χ0v) is 14.4. The lowest BCUT2D eigenvalue weighted by Crippen LogP contribution is -2.23. The van der Waals surface area contributed by atoms with Crippen molar-refractivity contribution in [3.63, 3.8) is 0 Å². The van der Waals surface area contributed by atoms with Crippen LogP contribution in [-0.4, -0.2) is 18.0 Å². The van der Waals surface area contributed by atoms with Crippen LogP contribution in [0.15, 0.2) is 47.2 Å². The molecule has 0 bridgehead atoms. The van der Waals surface area contributed by atoms with Crippen LogP contribution >= 0.6 is 0 Å². The van der Waals surface area contributed by atoms with Gasteiger partial charge < -0.3 is 4.90 Å². The van der Waals surface area contributed by atoms with Gasteiger partial charge in [0.25, 0.3) is 0 Å². The second kappa shape index (κ2) is 10.5. The molecule has 0 heterocycles. The Hall–Kier alpha value is -1.24. The van der Waals surface area contributed by atoms with Gasteiger partial charge >= 0.3 is 0 Å². The molecule has 1 nitrogen and oxygen atoms in total. The minimum absolute atomic E-state index is 0.969. The Labute approximate surface area is 126 Å². The summed E-state index contributed by atoms with van der Waals surface area (Å²) >= 11 is 0. The number of hydrogen-bond donors (Lipinski definition) is 0. The normalized spacial score (nSPS) is 11.0. The Morgan fingerprint density at radius 2 is 1.65 bits per heavy atom. The van der Waals surface area contributed by atoms with Crippen LogP contribution in [0.1, 0.15) is 60.8 Å². The van der Waals surface area contributed by atoms with E-state index in [-0.39, 0.29) is 0 Å². The Balaban J connectivity index is 4.48. The molecule has 0 atom stereocenters. The SMILES string of the molecule is C=C(C=C(C)C)N(C/C=C(\C)CCC=C(C)C)CCC. The molecular weight excluding hydrogens is 242 g/mol. The minimum Gasteiger partial charge on any atom is -0.368 e. The molecule has 0 aliphatic rings. The summed E-state index contributed by atoms with van der Waals surface area (Å²) in [5.74, 6) is 0. The van der Waals surface area contributed by atoms with E-state index < -0.39 is 0 Å². The van der Waals surface area contributed by atoms with Crippen LogP contribution in [0, 0.1) is 0 Å². The molecule has 0 saturated heterocycles. The van der Waals surface area contributed by atoms with E-state index in [0.29, 0.717) is 0 Å². The summed E-state index contributed by atoms with van der Waals surface area (Å²) in [5.41, 5.74) is 5.30. The quantitative estimate of drug-likeness (QED) is 0.375. The summed E-state index contributed by atoms with van der Waals surface area (Å²) in [6, 6.07) is 0. The first kappa shape index (κ1) is 18.8. The third-order valence-electron chi connectivity index (χ3n) is 3.11. The topological polar surface area (TPSA) is 3.24 Å². The number of rotatable bonds is 9. The van der Waals surface area contributed by atoms with Crippen molar-refractivity contribution in [1.82, 2.24) is 4.90 Å². The fraction of sp³-hybridized carbons (Fsp3) is 0.579. The number of hydrogen-bond acceptors (Lipinski definition) is 1. The van der Waals surface area contributed by atoms with E-state index in [9.17, 15) is 0 Å². The molecule has 0 unspecified atom stereocenters. The predicted molar refractivity (Wildman–Crippen MR) is 92.9 cm³/mol. The highest BCUT2D eigenvalue weighted by Gasteiger charge is 2.03. The molecule has 0 N–H and O–H groups in total. The average Bonchev–Trinajstić information content (AvgIpc) is 2.32. The summed E-state index contributed by atoms with van der Waals surface area (Å²) in [7, 11) is 0. The molecule has 0 amide bonds. The minimum atomic E-state index is 0.969. The van der Waals surface area contributed by atoms with Crippen molar-refractivity contribution in [2.75, 3.05) is 13.1 Å². The van der Waals surface area contributed by atoms with E-state index in [4.69, 9.17) is 0 Å². The summed E-state index contributed by atoms with van der Waals surface area (Å²) in [5, 5.41) is 0. The number of nitrogens with zero attached hydrogens (tertiary/aromatic N) is 1. The van der Waals surface area contributed by atoms with E-state index in [1.54, 1.807) is 0 Å². The summed E-state index contributed by atoms with van der Waals surface area (Å²) < 4.78 is 0. The average molecular weight is 275 g/mol. The van der Waals surface area contributed by atoms with Crippen LogP contribution in [0.4, 0.5) is 0 Å². The first-order chi connectivity index (χ1) is 9.36. The molecule has 0 aromatic carbocycles. The maximum absolute atomic E-state index is 4.19. The molecule has 0 aromatic heterocycles. The first-order valence-electron chi connectivity index (χ1n) is 7.74. The van der Waals surface area contributed by atoms with Gasteiger partial charge in [0.05, 0.1) is 0 Å². The molecule has 0 aliphatic carbocycles. The summed E-state index contributed by atoms with van der Waals surface area (Å²) in [4.78, 5) is 2.36. The highest BCUT2D eigenvalue weighted by atomic mass is 15.1. The maximum Gasteiger partial charge on any atom is 0.0361 e. The van der Waals surface area contributed by atoms with Crippen molar-refractivity contribution in [3.05, 3.63) is 47.2 Å². The van der Waals surface area contributed by atoms with Crippen molar-refractivity contribution < 1.29 is 0 Å². The maximum atomic E-state index is 4.19. The zero-order chi connectivity index (χ0) is 15.5. The van der Waals surface area contributed by atoms with Gasteiger partial charge in [-0.1, -0.05) is 42.4 Å². The van der Waals surface area contributed by atoms with Gasteiger partial charge in [-0.2, -0.15) is 0 Å².